The van der Waals surface area contributed by atoms with Gasteiger partial charge in [-0.3, -0.25) is 0 Å². The normalized spacial score (nSPS) is 12.6. The zero-order chi connectivity index (χ0) is 11.4. The van der Waals surface area contributed by atoms with Crippen LogP contribution in [-0.2, 0) is 4.74 Å². The van der Waals surface area contributed by atoms with E-state index in [1.807, 2.05) is 24.6 Å². The molecule has 0 amide bonds. The van der Waals surface area contributed by atoms with Crippen LogP contribution in [0.2, 0.25) is 0 Å². The summed E-state index contributed by atoms with van der Waals surface area (Å²) in [6, 6.07) is 2.16. The van der Waals surface area contributed by atoms with Crippen molar-refractivity contribution in [1.29, 1.82) is 0 Å². The van der Waals surface area contributed by atoms with Crippen molar-refractivity contribution in [2.75, 3.05) is 19.0 Å². The number of aromatic nitrogens is 3. The Kier molecular flexibility index (Phi) is 3.53. The third-order valence-electron chi connectivity index (χ3n) is 2.02. The van der Waals surface area contributed by atoms with Gasteiger partial charge in [0.1, 0.15) is 5.82 Å². The van der Waals surface area contributed by atoms with Crippen molar-refractivity contribution in [3.63, 3.8) is 0 Å². The molecular formula is C10H14N4OS. The number of ether oxygens (including phenoxy) is 1. The lowest BCUT2D eigenvalue weighted by Crippen LogP contribution is -2.21. The van der Waals surface area contributed by atoms with Crippen LogP contribution in [0.1, 0.15) is 6.92 Å². The third kappa shape index (κ3) is 2.59. The zero-order valence-corrected chi connectivity index (χ0v) is 10.1. The Labute approximate surface area is 98.1 Å². The van der Waals surface area contributed by atoms with Gasteiger partial charge in [-0.1, -0.05) is 0 Å². The van der Waals surface area contributed by atoms with Gasteiger partial charge in [-0.25, -0.2) is 9.67 Å². The van der Waals surface area contributed by atoms with Crippen molar-refractivity contribution in [2.24, 2.45) is 0 Å². The second kappa shape index (κ2) is 5.09. The van der Waals surface area contributed by atoms with E-state index in [1.54, 1.807) is 29.3 Å². The number of thiazole rings is 1. The van der Waals surface area contributed by atoms with Gasteiger partial charge in [-0.15, -0.1) is 16.4 Å². The summed E-state index contributed by atoms with van der Waals surface area (Å²) in [7, 11) is 1.69. The monoisotopic (exact) mass is 238 g/mol. The van der Waals surface area contributed by atoms with Gasteiger partial charge < -0.3 is 10.1 Å². The van der Waals surface area contributed by atoms with E-state index in [1.165, 1.54) is 0 Å². The first-order chi connectivity index (χ1) is 7.79. The van der Waals surface area contributed by atoms with Gasteiger partial charge in [-0.2, -0.15) is 0 Å². The van der Waals surface area contributed by atoms with Crippen LogP contribution in [0.3, 0.4) is 0 Å². The largest absolute Gasteiger partial charge is 0.383 e. The fourth-order valence-corrected chi connectivity index (χ4v) is 1.96. The average Bonchev–Trinajstić information content (AvgIpc) is 2.86. The first kappa shape index (κ1) is 11.1. The van der Waals surface area contributed by atoms with Crippen molar-refractivity contribution in [3.8, 4) is 5.13 Å². The molecule has 0 saturated heterocycles. The Hall–Kier alpha value is -1.40. The summed E-state index contributed by atoms with van der Waals surface area (Å²) in [4.78, 5) is 4.18. The average molecular weight is 238 g/mol. The topological polar surface area (TPSA) is 52.0 Å². The highest BCUT2D eigenvalue weighted by molar-refractivity contribution is 7.12. The van der Waals surface area contributed by atoms with Gasteiger partial charge in [0.2, 0.25) is 5.13 Å². The van der Waals surface area contributed by atoms with Crippen molar-refractivity contribution in [3.05, 3.63) is 23.8 Å². The lowest BCUT2D eigenvalue weighted by molar-refractivity contribution is 0.190. The molecule has 0 radical (unpaired) electrons. The molecule has 2 heterocycles. The predicted octanol–water partition coefficient (Wildman–Crippen LogP) is 1.78. The van der Waals surface area contributed by atoms with E-state index in [0.29, 0.717) is 6.61 Å². The number of nitrogens with one attached hydrogen (secondary N) is 1. The molecule has 2 aromatic heterocycles. The smallest absolute Gasteiger partial charge is 0.210 e. The fraction of sp³-hybridized carbons (Fsp3) is 0.400. The number of hydrogen-bond donors (Lipinski definition) is 1. The molecule has 16 heavy (non-hydrogen) atoms. The summed E-state index contributed by atoms with van der Waals surface area (Å²) < 4.78 is 6.80. The van der Waals surface area contributed by atoms with E-state index >= 15 is 0 Å². The van der Waals surface area contributed by atoms with Crippen molar-refractivity contribution in [2.45, 2.75) is 13.0 Å². The highest BCUT2D eigenvalue weighted by atomic mass is 32.1. The van der Waals surface area contributed by atoms with Crippen molar-refractivity contribution >= 4 is 17.2 Å². The van der Waals surface area contributed by atoms with Gasteiger partial charge >= 0.3 is 0 Å². The molecule has 0 spiro atoms. The van der Waals surface area contributed by atoms with Crippen LogP contribution in [0.5, 0.6) is 0 Å². The molecule has 0 aliphatic rings. The Morgan fingerprint density at radius 1 is 1.62 bits per heavy atom. The highest BCUT2D eigenvalue weighted by Crippen LogP contribution is 2.12. The lowest BCUT2D eigenvalue weighted by Gasteiger charge is -2.10. The highest BCUT2D eigenvalue weighted by Gasteiger charge is 2.05. The quantitative estimate of drug-likeness (QED) is 0.862. The number of hydrogen-bond acceptors (Lipinski definition) is 5. The molecule has 0 aromatic carbocycles. The molecule has 0 fully saturated rings. The molecule has 1 unspecified atom stereocenters. The van der Waals surface area contributed by atoms with E-state index < -0.39 is 0 Å². The first-order valence-corrected chi connectivity index (χ1v) is 5.88. The van der Waals surface area contributed by atoms with Gasteiger partial charge in [-0.05, 0) is 6.92 Å². The van der Waals surface area contributed by atoms with E-state index in [2.05, 4.69) is 15.4 Å². The Morgan fingerprint density at radius 2 is 2.50 bits per heavy atom. The maximum Gasteiger partial charge on any atom is 0.210 e. The van der Waals surface area contributed by atoms with E-state index in [4.69, 9.17) is 4.74 Å². The fourth-order valence-electron chi connectivity index (χ4n) is 1.38. The lowest BCUT2D eigenvalue weighted by atomic mass is 10.3. The molecule has 0 saturated carbocycles. The van der Waals surface area contributed by atoms with Gasteiger partial charge in [0, 0.05) is 37.0 Å². The number of anilines is 1. The molecule has 2 rings (SSSR count). The van der Waals surface area contributed by atoms with Crippen LogP contribution in [-0.4, -0.2) is 34.5 Å². The molecule has 5 nitrogen and oxygen atoms in total. The summed E-state index contributed by atoms with van der Waals surface area (Å²) in [5.41, 5.74) is 0. The second-order valence-electron chi connectivity index (χ2n) is 3.46. The Balaban J connectivity index is 2.03. The third-order valence-corrected chi connectivity index (χ3v) is 2.78. The van der Waals surface area contributed by atoms with Crippen molar-refractivity contribution < 1.29 is 4.74 Å². The van der Waals surface area contributed by atoms with Gasteiger partial charge in [0.15, 0.2) is 0 Å². The number of methoxy groups -OCH3 is 1. The van der Waals surface area contributed by atoms with Crippen LogP contribution < -0.4 is 5.32 Å². The molecule has 0 aliphatic carbocycles. The second-order valence-corrected chi connectivity index (χ2v) is 4.33. The minimum absolute atomic E-state index is 0.240. The molecule has 2 aromatic rings. The van der Waals surface area contributed by atoms with Crippen LogP contribution in [0.4, 0.5) is 5.82 Å². The Morgan fingerprint density at radius 3 is 3.19 bits per heavy atom. The summed E-state index contributed by atoms with van der Waals surface area (Å²) in [5.74, 6) is 0.833. The molecule has 0 bridgehead atoms. The molecule has 1 N–H and O–H groups in total. The number of rotatable bonds is 5. The SMILES string of the molecule is COCC(C)Nc1ccn(-c2nccs2)n1. The Bertz CT molecular complexity index is 426. The molecule has 0 aliphatic heterocycles. The van der Waals surface area contributed by atoms with Crippen LogP contribution in [0.15, 0.2) is 23.8 Å². The zero-order valence-electron chi connectivity index (χ0n) is 9.25. The minimum atomic E-state index is 0.240. The van der Waals surface area contributed by atoms with E-state index in [0.717, 1.165) is 10.9 Å². The molecular weight excluding hydrogens is 224 g/mol. The van der Waals surface area contributed by atoms with E-state index in [-0.39, 0.29) is 6.04 Å². The minimum Gasteiger partial charge on any atom is -0.383 e. The standard InChI is InChI=1S/C10H14N4OS/c1-8(7-15-2)12-9-3-5-14(13-9)10-11-4-6-16-10/h3-6,8H,7H2,1-2H3,(H,12,13). The van der Waals surface area contributed by atoms with Crippen LogP contribution in [0.25, 0.3) is 5.13 Å². The predicted molar refractivity (Wildman–Crippen MR) is 64.2 cm³/mol. The molecule has 6 heteroatoms. The van der Waals surface area contributed by atoms with Crippen molar-refractivity contribution in [1.82, 2.24) is 14.8 Å². The summed E-state index contributed by atoms with van der Waals surface area (Å²) in [6.45, 7) is 2.70. The maximum absolute atomic E-state index is 5.05. The first-order valence-electron chi connectivity index (χ1n) is 5.00. The summed E-state index contributed by atoms with van der Waals surface area (Å²) >= 11 is 1.56. The summed E-state index contributed by atoms with van der Waals surface area (Å²) in [5, 5.41) is 10.4. The molecule has 1 atom stereocenters. The van der Waals surface area contributed by atoms with Gasteiger partial charge in [0.05, 0.1) is 6.61 Å². The van der Waals surface area contributed by atoms with Crippen LogP contribution in [0, 0.1) is 0 Å². The molecule has 86 valence electrons. The summed E-state index contributed by atoms with van der Waals surface area (Å²) in [6.07, 6.45) is 3.66. The number of nitrogens with zero attached hydrogens (tertiary/aromatic N) is 3. The maximum atomic E-state index is 5.05. The van der Waals surface area contributed by atoms with E-state index in [9.17, 15) is 0 Å². The van der Waals surface area contributed by atoms with Crippen LogP contribution >= 0.6 is 11.3 Å². The van der Waals surface area contributed by atoms with Gasteiger partial charge in [0.25, 0.3) is 0 Å².